The Hall–Kier alpha value is -1.20. The molecule has 0 saturated carbocycles. The van der Waals surface area contributed by atoms with Gasteiger partial charge in [0.1, 0.15) is 0 Å². The summed E-state index contributed by atoms with van der Waals surface area (Å²) in [6.07, 6.45) is 0. The number of nitrogens with zero attached hydrogens (tertiary/aromatic N) is 1. The molecule has 18 heavy (non-hydrogen) atoms. The molecule has 0 aliphatic carbocycles. The largest absolute Gasteiger partial charge is 0.296 e. The minimum absolute atomic E-state index is 0.137. The lowest BCUT2D eigenvalue weighted by atomic mass is 9.82. The van der Waals surface area contributed by atoms with Crippen molar-refractivity contribution in [2.75, 3.05) is 6.61 Å². The van der Waals surface area contributed by atoms with Crippen LogP contribution in [0.25, 0.3) is 0 Å². The van der Waals surface area contributed by atoms with Gasteiger partial charge in [0, 0.05) is 11.1 Å². The van der Waals surface area contributed by atoms with Gasteiger partial charge in [-0.1, -0.05) is 13.8 Å². The van der Waals surface area contributed by atoms with Crippen molar-refractivity contribution in [2.45, 2.75) is 38.0 Å². The Labute approximate surface area is 108 Å². The lowest BCUT2D eigenvalue weighted by Gasteiger charge is -2.20. The highest BCUT2D eigenvalue weighted by Crippen LogP contribution is 2.40. The molecule has 1 aromatic carbocycles. The maximum atomic E-state index is 11.9. The SMILES string of the molecule is CCOS(=O)(=O)c1ccc2c(c1)C(C)(C)C(C)=N2. The zero-order valence-corrected chi connectivity index (χ0v) is 11.8. The second kappa shape index (κ2) is 4.17. The van der Waals surface area contributed by atoms with E-state index in [0.717, 1.165) is 17.0 Å². The van der Waals surface area contributed by atoms with Crippen molar-refractivity contribution in [1.29, 1.82) is 0 Å². The molecule has 4 nitrogen and oxygen atoms in total. The van der Waals surface area contributed by atoms with Gasteiger partial charge >= 0.3 is 0 Å². The summed E-state index contributed by atoms with van der Waals surface area (Å²) in [5.74, 6) is 0. The quantitative estimate of drug-likeness (QED) is 0.791. The summed E-state index contributed by atoms with van der Waals surface area (Å²) in [7, 11) is -3.65. The predicted molar refractivity (Wildman–Crippen MR) is 71.0 cm³/mol. The summed E-state index contributed by atoms with van der Waals surface area (Å²) in [4.78, 5) is 4.65. The van der Waals surface area contributed by atoms with Gasteiger partial charge in [0.2, 0.25) is 0 Å². The van der Waals surface area contributed by atoms with Crippen LogP contribution in [0.3, 0.4) is 0 Å². The van der Waals surface area contributed by atoms with Gasteiger partial charge in [-0.2, -0.15) is 8.42 Å². The van der Waals surface area contributed by atoms with E-state index < -0.39 is 10.1 Å². The van der Waals surface area contributed by atoms with Crippen molar-refractivity contribution >= 4 is 21.5 Å². The van der Waals surface area contributed by atoms with Crippen LogP contribution < -0.4 is 0 Å². The molecule has 0 aromatic heterocycles. The summed E-state index contributed by atoms with van der Waals surface area (Å²) in [6, 6.07) is 4.95. The van der Waals surface area contributed by atoms with Crippen LogP contribution in [0, 0.1) is 0 Å². The van der Waals surface area contributed by atoms with Gasteiger partial charge in [0.15, 0.2) is 0 Å². The highest BCUT2D eigenvalue weighted by atomic mass is 32.2. The molecule has 1 heterocycles. The van der Waals surface area contributed by atoms with E-state index in [-0.39, 0.29) is 16.9 Å². The van der Waals surface area contributed by atoms with Crippen LogP contribution in [-0.4, -0.2) is 20.7 Å². The topological polar surface area (TPSA) is 55.7 Å². The fourth-order valence-electron chi connectivity index (χ4n) is 2.01. The van der Waals surface area contributed by atoms with E-state index in [0.29, 0.717) is 0 Å². The van der Waals surface area contributed by atoms with Crippen molar-refractivity contribution in [3.8, 4) is 0 Å². The molecule has 1 aliphatic heterocycles. The normalized spacial score (nSPS) is 17.4. The van der Waals surface area contributed by atoms with E-state index in [1.54, 1.807) is 25.1 Å². The van der Waals surface area contributed by atoms with Crippen molar-refractivity contribution in [3.63, 3.8) is 0 Å². The Morgan fingerprint density at radius 1 is 1.33 bits per heavy atom. The zero-order chi connectivity index (χ0) is 13.6. The van der Waals surface area contributed by atoms with E-state index in [4.69, 9.17) is 4.18 Å². The average Bonchev–Trinajstić information content (AvgIpc) is 2.50. The highest BCUT2D eigenvalue weighted by molar-refractivity contribution is 7.86. The monoisotopic (exact) mass is 267 g/mol. The molecular formula is C13H17NO3S. The van der Waals surface area contributed by atoms with Crippen molar-refractivity contribution in [1.82, 2.24) is 0 Å². The molecule has 0 N–H and O–H groups in total. The molecule has 0 amide bonds. The summed E-state index contributed by atoms with van der Waals surface area (Å²) in [5.41, 5.74) is 2.53. The molecule has 5 heteroatoms. The lowest BCUT2D eigenvalue weighted by Crippen LogP contribution is -2.23. The molecule has 1 aliphatic rings. The lowest BCUT2D eigenvalue weighted by molar-refractivity contribution is 0.338. The standard InChI is InChI=1S/C13H17NO3S/c1-5-17-18(15,16)10-6-7-12-11(8-10)13(3,4)9(2)14-12/h6-8H,5H2,1-4H3. The van der Waals surface area contributed by atoms with Crippen LogP contribution in [0.15, 0.2) is 28.1 Å². The fourth-order valence-corrected chi connectivity index (χ4v) is 2.95. The third-order valence-corrected chi connectivity index (χ3v) is 4.77. The first-order valence-electron chi connectivity index (χ1n) is 5.89. The van der Waals surface area contributed by atoms with E-state index in [1.807, 2.05) is 20.8 Å². The summed E-state index contributed by atoms with van der Waals surface area (Å²) in [5, 5.41) is 0. The third-order valence-electron chi connectivity index (χ3n) is 3.40. The molecule has 0 saturated heterocycles. The van der Waals surface area contributed by atoms with Gasteiger partial charge in [0.25, 0.3) is 10.1 Å². The Balaban J connectivity index is 2.53. The molecule has 1 aromatic rings. The van der Waals surface area contributed by atoms with Crippen LogP contribution in [0.1, 0.15) is 33.3 Å². The van der Waals surface area contributed by atoms with Crippen LogP contribution >= 0.6 is 0 Å². The predicted octanol–water partition coefficient (Wildman–Crippen LogP) is 2.80. The fraction of sp³-hybridized carbons (Fsp3) is 0.462. The Morgan fingerprint density at radius 3 is 2.61 bits per heavy atom. The van der Waals surface area contributed by atoms with E-state index in [9.17, 15) is 8.42 Å². The summed E-state index contributed by atoms with van der Waals surface area (Å²) in [6.45, 7) is 7.82. The number of hydrogen-bond donors (Lipinski definition) is 0. The second-order valence-electron chi connectivity index (χ2n) is 4.86. The van der Waals surface area contributed by atoms with Crippen LogP contribution in [0.5, 0.6) is 0 Å². The Bertz CT molecular complexity index is 615. The van der Waals surface area contributed by atoms with Crippen LogP contribution in [0.4, 0.5) is 5.69 Å². The van der Waals surface area contributed by atoms with Crippen molar-refractivity contribution < 1.29 is 12.6 Å². The van der Waals surface area contributed by atoms with Gasteiger partial charge in [-0.3, -0.25) is 9.18 Å². The molecular weight excluding hydrogens is 250 g/mol. The van der Waals surface area contributed by atoms with Gasteiger partial charge in [0.05, 0.1) is 17.2 Å². The summed E-state index contributed by atoms with van der Waals surface area (Å²) < 4.78 is 28.5. The van der Waals surface area contributed by atoms with Crippen LogP contribution in [-0.2, 0) is 19.7 Å². The molecule has 0 unspecified atom stereocenters. The maximum Gasteiger partial charge on any atom is 0.296 e. The third kappa shape index (κ3) is 1.97. The second-order valence-corrected chi connectivity index (χ2v) is 6.48. The Morgan fingerprint density at radius 2 is 2.00 bits per heavy atom. The Kier molecular flexibility index (Phi) is 3.07. The van der Waals surface area contributed by atoms with E-state index in [2.05, 4.69) is 4.99 Å². The average molecular weight is 267 g/mol. The van der Waals surface area contributed by atoms with Gasteiger partial charge < -0.3 is 0 Å². The highest BCUT2D eigenvalue weighted by Gasteiger charge is 2.33. The number of rotatable bonds is 3. The number of fused-ring (bicyclic) bond motifs is 1. The molecule has 2 rings (SSSR count). The number of benzene rings is 1. The minimum atomic E-state index is -3.65. The number of aliphatic imine (C=N–C) groups is 1. The zero-order valence-electron chi connectivity index (χ0n) is 11.0. The molecule has 0 bridgehead atoms. The molecule has 0 atom stereocenters. The molecule has 0 spiro atoms. The van der Waals surface area contributed by atoms with Gasteiger partial charge in [-0.25, -0.2) is 0 Å². The van der Waals surface area contributed by atoms with E-state index >= 15 is 0 Å². The van der Waals surface area contributed by atoms with E-state index in [1.165, 1.54) is 0 Å². The smallest absolute Gasteiger partial charge is 0.267 e. The first kappa shape index (κ1) is 13.2. The molecule has 98 valence electrons. The minimum Gasteiger partial charge on any atom is -0.267 e. The first-order chi connectivity index (χ1) is 8.29. The summed E-state index contributed by atoms with van der Waals surface area (Å²) >= 11 is 0. The van der Waals surface area contributed by atoms with Crippen molar-refractivity contribution in [3.05, 3.63) is 23.8 Å². The maximum absolute atomic E-state index is 11.9. The van der Waals surface area contributed by atoms with Crippen LogP contribution in [0.2, 0.25) is 0 Å². The first-order valence-corrected chi connectivity index (χ1v) is 7.29. The number of hydrogen-bond acceptors (Lipinski definition) is 4. The van der Waals surface area contributed by atoms with Gasteiger partial charge in [-0.15, -0.1) is 0 Å². The van der Waals surface area contributed by atoms with Crippen molar-refractivity contribution in [2.24, 2.45) is 4.99 Å². The van der Waals surface area contributed by atoms with Gasteiger partial charge in [-0.05, 0) is 37.6 Å². The molecule has 0 fully saturated rings. The molecule has 0 radical (unpaired) electrons.